The Morgan fingerprint density at radius 2 is 2.06 bits per heavy atom. The van der Waals surface area contributed by atoms with Gasteiger partial charge in [-0.3, -0.25) is 0 Å². The molecule has 1 aromatic rings. The molecule has 1 aromatic heterocycles. The third kappa shape index (κ3) is 3.70. The summed E-state index contributed by atoms with van der Waals surface area (Å²) in [5.41, 5.74) is 1.15. The lowest BCUT2D eigenvalue weighted by atomic mass is 10.1. The van der Waals surface area contributed by atoms with E-state index in [-0.39, 0.29) is 0 Å². The van der Waals surface area contributed by atoms with Crippen LogP contribution in [-0.2, 0) is 6.54 Å². The predicted octanol–water partition coefficient (Wildman–Crippen LogP) is 2.90. The van der Waals surface area contributed by atoms with Crippen molar-refractivity contribution in [1.29, 1.82) is 0 Å². The van der Waals surface area contributed by atoms with Crippen LogP contribution in [-0.4, -0.2) is 18.1 Å². The molecule has 0 aliphatic heterocycles. The molecule has 0 atom stereocenters. The maximum absolute atomic E-state index is 6.07. The van der Waals surface area contributed by atoms with Crippen LogP contribution in [0.1, 0.15) is 44.1 Å². The molecule has 0 unspecified atom stereocenters. The quantitative estimate of drug-likeness (QED) is 0.813. The maximum Gasteiger partial charge on any atom is 0.218 e. The van der Waals surface area contributed by atoms with Crippen LogP contribution in [0.25, 0.3) is 0 Å². The molecule has 1 heterocycles. The van der Waals surface area contributed by atoms with Gasteiger partial charge in [0.1, 0.15) is 6.10 Å². The van der Waals surface area contributed by atoms with Gasteiger partial charge < -0.3 is 10.1 Å². The van der Waals surface area contributed by atoms with E-state index >= 15 is 0 Å². The second kappa shape index (κ2) is 6.60. The molecule has 1 N–H and O–H groups in total. The highest BCUT2D eigenvalue weighted by Gasteiger charge is 2.15. The Balaban J connectivity index is 2.00. The molecule has 3 nitrogen and oxygen atoms in total. The number of hydrogen-bond donors (Lipinski definition) is 1. The average Bonchev–Trinajstić information content (AvgIpc) is 2.61. The minimum Gasteiger partial charge on any atom is -0.474 e. The number of hydrogen-bond acceptors (Lipinski definition) is 3. The zero-order valence-electron chi connectivity index (χ0n) is 10.6. The van der Waals surface area contributed by atoms with Crippen molar-refractivity contribution in [2.75, 3.05) is 7.05 Å². The normalized spacial score (nSPS) is 17.7. The van der Waals surface area contributed by atoms with Crippen LogP contribution in [0, 0.1) is 0 Å². The SMILES string of the molecule is CNCc1cccnc1OC1CCCCCC1. The van der Waals surface area contributed by atoms with Crippen molar-refractivity contribution in [2.24, 2.45) is 0 Å². The first-order chi connectivity index (χ1) is 8.40. The van der Waals surface area contributed by atoms with E-state index in [1.54, 1.807) is 0 Å². The highest BCUT2D eigenvalue weighted by Crippen LogP contribution is 2.23. The molecule has 17 heavy (non-hydrogen) atoms. The number of aromatic nitrogens is 1. The summed E-state index contributed by atoms with van der Waals surface area (Å²) in [6.07, 6.45) is 9.81. The van der Waals surface area contributed by atoms with Crippen LogP contribution in [0.5, 0.6) is 5.88 Å². The highest BCUT2D eigenvalue weighted by atomic mass is 16.5. The Morgan fingerprint density at radius 3 is 2.76 bits per heavy atom. The maximum atomic E-state index is 6.07. The first kappa shape index (κ1) is 12.4. The molecule has 0 bridgehead atoms. The van der Waals surface area contributed by atoms with Gasteiger partial charge in [-0.05, 0) is 38.8 Å². The molecule has 2 rings (SSSR count). The van der Waals surface area contributed by atoms with Crippen molar-refractivity contribution < 1.29 is 4.74 Å². The first-order valence-corrected chi connectivity index (χ1v) is 6.65. The topological polar surface area (TPSA) is 34.2 Å². The van der Waals surface area contributed by atoms with Crippen LogP contribution in [0.4, 0.5) is 0 Å². The van der Waals surface area contributed by atoms with Crippen LogP contribution in [0.15, 0.2) is 18.3 Å². The number of ether oxygens (including phenoxy) is 1. The summed E-state index contributed by atoms with van der Waals surface area (Å²) in [6, 6.07) is 4.04. The molecule has 94 valence electrons. The molecule has 0 radical (unpaired) electrons. The first-order valence-electron chi connectivity index (χ1n) is 6.65. The van der Waals surface area contributed by atoms with Crippen LogP contribution in [0.2, 0.25) is 0 Å². The number of nitrogens with one attached hydrogen (secondary N) is 1. The Labute approximate surface area is 104 Å². The fourth-order valence-electron chi connectivity index (χ4n) is 2.37. The van der Waals surface area contributed by atoms with Crippen LogP contribution < -0.4 is 10.1 Å². The Hall–Kier alpha value is -1.09. The molecular weight excluding hydrogens is 212 g/mol. The Bertz CT molecular complexity index is 333. The smallest absolute Gasteiger partial charge is 0.218 e. The lowest BCUT2D eigenvalue weighted by Crippen LogP contribution is -2.18. The summed E-state index contributed by atoms with van der Waals surface area (Å²) in [7, 11) is 1.95. The molecule has 0 saturated heterocycles. The summed E-state index contributed by atoms with van der Waals surface area (Å²) in [5.74, 6) is 0.814. The zero-order chi connectivity index (χ0) is 11.9. The van der Waals surface area contributed by atoms with Crippen LogP contribution in [0.3, 0.4) is 0 Å². The summed E-state index contributed by atoms with van der Waals surface area (Å²) >= 11 is 0. The van der Waals surface area contributed by atoms with E-state index in [4.69, 9.17) is 4.74 Å². The fourth-order valence-corrected chi connectivity index (χ4v) is 2.37. The van der Waals surface area contributed by atoms with E-state index in [1.807, 2.05) is 19.3 Å². The van der Waals surface area contributed by atoms with E-state index in [2.05, 4.69) is 16.4 Å². The second-order valence-corrected chi connectivity index (χ2v) is 4.73. The van der Waals surface area contributed by atoms with E-state index < -0.39 is 0 Å². The predicted molar refractivity (Wildman–Crippen MR) is 69.1 cm³/mol. The van der Waals surface area contributed by atoms with E-state index in [9.17, 15) is 0 Å². The number of pyridine rings is 1. The van der Waals surface area contributed by atoms with Crippen molar-refractivity contribution in [2.45, 2.75) is 51.2 Å². The van der Waals surface area contributed by atoms with E-state index in [0.717, 1.165) is 18.0 Å². The lowest BCUT2D eigenvalue weighted by molar-refractivity contribution is 0.174. The minimum atomic E-state index is 0.364. The molecule has 0 amide bonds. The molecule has 3 heteroatoms. The zero-order valence-corrected chi connectivity index (χ0v) is 10.6. The monoisotopic (exact) mass is 234 g/mol. The van der Waals surface area contributed by atoms with E-state index in [0.29, 0.717) is 6.10 Å². The summed E-state index contributed by atoms with van der Waals surface area (Å²) in [5, 5.41) is 3.15. The van der Waals surface area contributed by atoms with Gasteiger partial charge >= 0.3 is 0 Å². The van der Waals surface area contributed by atoms with Crippen molar-refractivity contribution in [3.63, 3.8) is 0 Å². The van der Waals surface area contributed by atoms with Gasteiger partial charge in [-0.15, -0.1) is 0 Å². The summed E-state index contributed by atoms with van der Waals surface area (Å²) in [4.78, 5) is 4.36. The van der Waals surface area contributed by atoms with Crippen molar-refractivity contribution in [3.05, 3.63) is 23.9 Å². The van der Waals surface area contributed by atoms with Crippen molar-refractivity contribution in [3.8, 4) is 5.88 Å². The van der Waals surface area contributed by atoms with Crippen molar-refractivity contribution >= 4 is 0 Å². The van der Waals surface area contributed by atoms with E-state index in [1.165, 1.54) is 38.5 Å². The molecule has 1 saturated carbocycles. The molecule has 1 aliphatic rings. The van der Waals surface area contributed by atoms with Gasteiger partial charge in [0.05, 0.1) is 0 Å². The lowest BCUT2D eigenvalue weighted by Gasteiger charge is -2.18. The van der Waals surface area contributed by atoms with Gasteiger partial charge in [-0.25, -0.2) is 4.98 Å². The standard InChI is InChI=1S/C14H22N2O/c1-15-11-12-7-6-10-16-14(12)17-13-8-4-2-3-5-9-13/h6-7,10,13,15H,2-5,8-9,11H2,1H3. The summed E-state index contributed by atoms with van der Waals surface area (Å²) < 4.78 is 6.07. The molecule has 1 fully saturated rings. The fraction of sp³-hybridized carbons (Fsp3) is 0.643. The molecule has 1 aliphatic carbocycles. The third-order valence-corrected chi connectivity index (χ3v) is 3.30. The number of rotatable bonds is 4. The molecular formula is C14H22N2O. The molecule has 0 spiro atoms. The second-order valence-electron chi connectivity index (χ2n) is 4.73. The van der Waals surface area contributed by atoms with Gasteiger partial charge in [0.25, 0.3) is 0 Å². The van der Waals surface area contributed by atoms with Gasteiger partial charge in [0.15, 0.2) is 0 Å². The average molecular weight is 234 g/mol. The minimum absolute atomic E-state index is 0.364. The Kier molecular flexibility index (Phi) is 4.80. The van der Waals surface area contributed by atoms with Gasteiger partial charge in [0.2, 0.25) is 5.88 Å². The van der Waals surface area contributed by atoms with Crippen LogP contribution >= 0.6 is 0 Å². The van der Waals surface area contributed by atoms with Gasteiger partial charge in [-0.1, -0.05) is 18.9 Å². The van der Waals surface area contributed by atoms with Gasteiger partial charge in [-0.2, -0.15) is 0 Å². The Morgan fingerprint density at radius 1 is 1.29 bits per heavy atom. The molecule has 0 aromatic carbocycles. The summed E-state index contributed by atoms with van der Waals surface area (Å²) in [6.45, 7) is 0.815. The third-order valence-electron chi connectivity index (χ3n) is 3.30. The van der Waals surface area contributed by atoms with Crippen molar-refractivity contribution in [1.82, 2.24) is 10.3 Å². The largest absolute Gasteiger partial charge is 0.474 e. The van der Waals surface area contributed by atoms with Gasteiger partial charge in [0, 0.05) is 18.3 Å². The number of nitrogens with zero attached hydrogens (tertiary/aromatic N) is 1. The highest BCUT2D eigenvalue weighted by molar-refractivity contribution is 5.25.